The van der Waals surface area contributed by atoms with Gasteiger partial charge in [-0.2, -0.15) is 0 Å². The number of pyridine rings is 1. The average Bonchev–Trinajstić information content (AvgIpc) is 3.36. The van der Waals surface area contributed by atoms with E-state index in [1.807, 2.05) is 23.1 Å². The molecule has 1 aliphatic carbocycles. The molecule has 0 radical (unpaired) electrons. The third kappa shape index (κ3) is 2.81. The van der Waals surface area contributed by atoms with Gasteiger partial charge in [-0.25, -0.2) is 4.98 Å². The number of amides is 1. The standard InChI is InChI=1S/C19H22N2O2S/c22-18(19(9-2-3-10-19)16-6-5-13-24-16)21-12-8-15(14-21)23-17-7-1-4-11-20-17/h1,4-7,11,13,15H,2-3,8-10,12,14H2. The van der Waals surface area contributed by atoms with Crippen LogP contribution in [0.25, 0.3) is 0 Å². The van der Waals surface area contributed by atoms with E-state index in [1.165, 1.54) is 4.88 Å². The fourth-order valence-electron chi connectivity index (χ4n) is 3.99. The normalized spacial score (nSPS) is 22.7. The van der Waals surface area contributed by atoms with Gasteiger partial charge in [0.15, 0.2) is 0 Å². The van der Waals surface area contributed by atoms with Crippen LogP contribution >= 0.6 is 11.3 Å². The number of carbonyl (C=O) groups excluding carboxylic acids is 1. The van der Waals surface area contributed by atoms with Crippen LogP contribution in [-0.2, 0) is 10.2 Å². The van der Waals surface area contributed by atoms with E-state index in [2.05, 4.69) is 22.5 Å². The van der Waals surface area contributed by atoms with Gasteiger partial charge in [0.2, 0.25) is 11.8 Å². The number of thiophene rings is 1. The van der Waals surface area contributed by atoms with Crippen molar-refractivity contribution in [3.63, 3.8) is 0 Å². The van der Waals surface area contributed by atoms with Crippen LogP contribution in [0, 0.1) is 0 Å². The summed E-state index contributed by atoms with van der Waals surface area (Å²) in [6.45, 7) is 1.45. The molecule has 0 bridgehead atoms. The molecule has 5 heteroatoms. The molecular formula is C19H22N2O2S. The summed E-state index contributed by atoms with van der Waals surface area (Å²) < 4.78 is 5.94. The Hall–Kier alpha value is -1.88. The van der Waals surface area contributed by atoms with E-state index in [0.717, 1.165) is 38.6 Å². The Balaban J connectivity index is 1.47. The first-order valence-corrected chi connectivity index (χ1v) is 9.57. The molecule has 126 valence electrons. The summed E-state index contributed by atoms with van der Waals surface area (Å²) in [5.74, 6) is 0.945. The highest BCUT2D eigenvalue weighted by Crippen LogP contribution is 2.45. The Labute approximate surface area is 146 Å². The van der Waals surface area contributed by atoms with Crippen molar-refractivity contribution in [2.24, 2.45) is 0 Å². The summed E-state index contributed by atoms with van der Waals surface area (Å²) in [4.78, 5) is 20.8. The molecule has 2 aromatic rings. The topological polar surface area (TPSA) is 42.4 Å². The third-order valence-electron chi connectivity index (χ3n) is 5.22. The van der Waals surface area contributed by atoms with Crippen LogP contribution in [-0.4, -0.2) is 35.0 Å². The zero-order valence-electron chi connectivity index (χ0n) is 13.7. The van der Waals surface area contributed by atoms with Gasteiger partial charge < -0.3 is 9.64 Å². The van der Waals surface area contributed by atoms with E-state index in [9.17, 15) is 4.79 Å². The van der Waals surface area contributed by atoms with E-state index in [1.54, 1.807) is 17.5 Å². The van der Waals surface area contributed by atoms with Crippen LogP contribution in [0.3, 0.4) is 0 Å². The SMILES string of the molecule is O=C(N1CCC(Oc2ccccn2)C1)C1(c2cccs2)CCCC1. The molecule has 3 heterocycles. The Bertz CT molecular complexity index is 681. The predicted octanol–water partition coefficient (Wildman–Crippen LogP) is 3.63. The van der Waals surface area contributed by atoms with E-state index in [4.69, 9.17) is 4.74 Å². The lowest BCUT2D eigenvalue weighted by Gasteiger charge is -2.31. The number of carbonyl (C=O) groups is 1. The number of hydrogen-bond acceptors (Lipinski definition) is 4. The molecule has 4 nitrogen and oxygen atoms in total. The third-order valence-corrected chi connectivity index (χ3v) is 6.29. The fourth-order valence-corrected chi connectivity index (χ4v) is 4.97. The number of ether oxygens (including phenoxy) is 1. The van der Waals surface area contributed by atoms with Gasteiger partial charge in [-0.1, -0.05) is 25.0 Å². The molecule has 4 rings (SSSR count). The molecule has 1 amide bonds. The Kier molecular flexibility index (Phi) is 4.27. The lowest BCUT2D eigenvalue weighted by molar-refractivity contribution is -0.136. The molecule has 2 aromatic heterocycles. The van der Waals surface area contributed by atoms with Crippen LogP contribution in [0.5, 0.6) is 5.88 Å². The maximum atomic E-state index is 13.3. The van der Waals surface area contributed by atoms with Crippen molar-refractivity contribution in [2.45, 2.75) is 43.6 Å². The first-order chi connectivity index (χ1) is 11.8. The first-order valence-electron chi connectivity index (χ1n) is 8.69. The van der Waals surface area contributed by atoms with Crippen molar-refractivity contribution in [1.82, 2.24) is 9.88 Å². The fraction of sp³-hybridized carbons (Fsp3) is 0.474. The molecule has 0 N–H and O–H groups in total. The zero-order valence-corrected chi connectivity index (χ0v) is 14.5. The van der Waals surface area contributed by atoms with Crippen LogP contribution in [0.2, 0.25) is 0 Å². The van der Waals surface area contributed by atoms with Gasteiger partial charge in [0.05, 0.1) is 12.0 Å². The monoisotopic (exact) mass is 342 g/mol. The molecule has 24 heavy (non-hydrogen) atoms. The molecule has 0 aromatic carbocycles. The highest BCUT2D eigenvalue weighted by atomic mass is 32.1. The number of aromatic nitrogens is 1. The number of hydrogen-bond donors (Lipinski definition) is 0. The van der Waals surface area contributed by atoms with Crippen LogP contribution < -0.4 is 4.74 Å². The molecule has 1 unspecified atom stereocenters. The van der Waals surface area contributed by atoms with Crippen LogP contribution in [0.15, 0.2) is 41.9 Å². The predicted molar refractivity (Wildman–Crippen MR) is 94.3 cm³/mol. The summed E-state index contributed by atoms with van der Waals surface area (Å²) in [5.41, 5.74) is -0.284. The first kappa shape index (κ1) is 15.6. The highest BCUT2D eigenvalue weighted by molar-refractivity contribution is 7.10. The summed E-state index contributed by atoms with van der Waals surface area (Å²) in [5, 5.41) is 2.08. The van der Waals surface area contributed by atoms with Gasteiger partial charge in [-0.3, -0.25) is 4.79 Å². The van der Waals surface area contributed by atoms with E-state index in [-0.39, 0.29) is 11.5 Å². The van der Waals surface area contributed by atoms with Gasteiger partial charge in [-0.15, -0.1) is 11.3 Å². The molecule has 2 fully saturated rings. The number of likely N-dealkylation sites (tertiary alicyclic amines) is 1. The van der Waals surface area contributed by atoms with Crippen LogP contribution in [0.1, 0.15) is 37.0 Å². The Morgan fingerprint density at radius 3 is 2.83 bits per heavy atom. The highest BCUT2D eigenvalue weighted by Gasteiger charge is 2.47. The van der Waals surface area contributed by atoms with Crippen molar-refractivity contribution < 1.29 is 9.53 Å². The van der Waals surface area contributed by atoms with Crippen molar-refractivity contribution >= 4 is 17.2 Å². The minimum absolute atomic E-state index is 0.0469. The molecule has 1 saturated carbocycles. The summed E-state index contributed by atoms with van der Waals surface area (Å²) >= 11 is 1.72. The van der Waals surface area contributed by atoms with E-state index >= 15 is 0 Å². The Morgan fingerprint density at radius 1 is 1.25 bits per heavy atom. The minimum atomic E-state index is -0.284. The molecule has 0 spiro atoms. The quantitative estimate of drug-likeness (QED) is 0.852. The van der Waals surface area contributed by atoms with E-state index < -0.39 is 0 Å². The Morgan fingerprint density at radius 2 is 2.12 bits per heavy atom. The molecular weight excluding hydrogens is 320 g/mol. The lowest BCUT2D eigenvalue weighted by Crippen LogP contribution is -2.44. The number of rotatable bonds is 4. The maximum Gasteiger partial charge on any atom is 0.234 e. The summed E-state index contributed by atoms with van der Waals surface area (Å²) in [7, 11) is 0. The van der Waals surface area contributed by atoms with Gasteiger partial charge in [0.1, 0.15) is 6.10 Å². The van der Waals surface area contributed by atoms with Crippen molar-refractivity contribution in [3.8, 4) is 5.88 Å². The number of nitrogens with zero attached hydrogens (tertiary/aromatic N) is 2. The largest absolute Gasteiger partial charge is 0.472 e. The second kappa shape index (κ2) is 6.55. The average molecular weight is 342 g/mol. The minimum Gasteiger partial charge on any atom is -0.472 e. The maximum absolute atomic E-state index is 13.3. The van der Waals surface area contributed by atoms with Gasteiger partial charge in [-0.05, 0) is 30.4 Å². The van der Waals surface area contributed by atoms with Crippen molar-refractivity contribution in [1.29, 1.82) is 0 Å². The zero-order chi connectivity index (χ0) is 16.4. The summed E-state index contributed by atoms with van der Waals surface area (Å²) in [6, 6.07) is 9.86. The second-order valence-electron chi connectivity index (χ2n) is 6.71. The van der Waals surface area contributed by atoms with Gasteiger partial charge >= 0.3 is 0 Å². The molecule has 1 aliphatic heterocycles. The second-order valence-corrected chi connectivity index (χ2v) is 7.66. The van der Waals surface area contributed by atoms with Crippen molar-refractivity contribution in [2.75, 3.05) is 13.1 Å². The molecule has 1 atom stereocenters. The lowest BCUT2D eigenvalue weighted by atomic mass is 9.83. The summed E-state index contributed by atoms with van der Waals surface area (Å²) in [6.07, 6.45) is 6.91. The molecule has 2 aliphatic rings. The van der Waals surface area contributed by atoms with E-state index in [0.29, 0.717) is 18.3 Å². The van der Waals surface area contributed by atoms with Gasteiger partial charge in [0, 0.05) is 30.1 Å². The van der Waals surface area contributed by atoms with Crippen LogP contribution in [0.4, 0.5) is 0 Å². The van der Waals surface area contributed by atoms with Crippen molar-refractivity contribution in [3.05, 3.63) is 46.8 Å². The van der Waals surface area contributed by atoms with Gasteiger partial charge in [0.25, 0.3) is 0 Å². The smallest absolute Gasteiger partial charge is 0.234 e. The molecule has 1 saturated heterocycles.